The van der Waals surface area contributed by atoms with Gasteiger partial charge in [-0.1, -0.05) is 50.6 Å². The molecule has 0 bridgehead atoms. The molecule has 2 aliphatic rings. The summed E-state index contributed by atoms with van der Waals surface area (Å²) in [5, 5.41) is 18.1. The Morgan fingerprint density at radius 3 is 2.88 bits per heavy atom. The van der Waals surface area contributed by atoms with Crippen LogP contribution in [0, 0.1) is 0 Å². The van der Waals surface area contributed by atoms with Gasteiger partial charge in [-0.2, -0.15) is 0 Å². The summed E-state index contributed by atoms with van der Waals surface area (Å²) in [6.45, 7) is 5.32. The van der Waals surface area contributed by atoms with E-state index in [1.807, 2.05) is 18.2 Å². The number of nitrogens with zero attached hydrogens (tertiary/aromatic N) is 4. The minimum absolute atomic E-state index is 0.119. The summed E-state index contributed by atoms with van der Waals surface area (Å²) in [5.41, 5.74) is 2.22. The maximum Gasteiger partial charge on any atom is 0.294 e. The van der Waals surface area contributed by atoms with Gasteiger partial charge in [0.2, 0.25) is 12.7 Å². The van der Waals surface area contributed by atoms with E-state index in [4.69, 9.17) is 9.47 Å². The molecule has 32 heavy (non-hydrogen) atoms. The summed E-state index contributed by atoms with van der Waals surface area (Å²) in [4.78, 5) is 18.7. The predicted octanol–water partition coefficient (Wildman–Crippen LogP) is 3.19. The maximum atomic E-state index is 13.2. The molecule has 162 valence electrons. The largest absolute Gasteiger partial charge is 0.854 e. The molecule has 1 unspecified atom stereocenters. The van der Waals surface area contributed by atoms with Crippen LogP contribution in [0.4, 0.5) is 5.69 Å². The molecule has 0 N–H and O–H groups in total. The minimum Gasteiger partial charge on any atom is -0.854 e. The molecular formula is C22H17BrN4O4S. The monoisotopic (exact) mass is 512 g/mol. The Morgan fingerprint density at radius 2 is 2.12 bits per heavy atom. The van der Waals surface area contributed by atoms with Gasteiger partial charge in [-0.3, -0.25) is 4.79 Å². The predicted molar refractivity (Wildman–Crippen MR) is 120 cm³/mol. The fourth-order valence-electron chi connectivity index (χ4n) is 3.88. The minimum atomic E-state index is -0.736. The number of fused-ring (bicyclic) bond motifs is 4. The van der Waals surface area contributed by atoms with Gasteiger partial charge < -0.3 is 14.6 Å². The van der Waals surface area contributed by atoms with E-state index >= 15 is 0 Å². The molecular weight excluding hydrogens is 496 g/mol. The molecule has 10 heteroatoms. The Morgan fingerprint density at radius 1 is 1.38 bits per heavy atom. The molecule has 0 radical (unpaired) electrons. The average molecular weight is 513 g/mol. The van der Waals surface area contributed by atoms with Gasteiger partial charge in [0.15, 0.2) is 11.5 Å². The van der Waals surface area contributed by atoms with Crippen molar-refractivity contribution >= 4 is 39.3 Å². The lowest BCUT2D eigenvalue weighted by molar-refractivity contribution is -0.764. The molecule has 0 saturated carbocycles. The SMILES string of the molecule is C=CCSc1nc([O-])c2[n+](n1)C(c1cc3c(cc1Br)OCO3)N(C(C)=O)c1ccccc1-2. The van der Waals surface area contributed by atoms with Crippen LogP contribution in [0.5, 0.6) is 17.4 Å². The van der Waals surface area contributed by atoms with Crippen molar-refractivity contribution in [1.29, 1.82) is 0 Å². The third-order valence-electron chi connectivity index (χ3n) is 5.16. The molecule has 1 amide bonds. The van der Waals surface area contributed by atoms with Crippen LogP contribution in [0.3, 0.4) is 0 Å². The van der Waals surface area contributed by atoms with Crippen LogP contribution >= 0.6 is 27.7 Å². The maximum absolute atomic E-state index is 13.2. The van der Waals surface area contributed by atoms with Crippen LogP contribution in [0.1, 0.15) is 18.7 Å². The standard InChI is InChI=1S/C22H17BrN4O4S/c1-3-8-32-22-24-20(29)19-13-6-4-5-7-16(13)26(12(2)28)21(27(19)25-22)14-9-17-18(10-15(14)23)31-11-30-17/h3-7,9-10,21H,1,8,11H2,2H3. The number of halogens is 1. The Hall–Kier alpha value is -3.11. The van der Waals surface area contributed by atoms with Crippen molar-refractivity contribution in [3.05, 3.63) is 59.1 Å². The van der Waals surface area contributed by atoms with Gasteiger partial charge in [-0.05, 0) is 24.3 Å². The molecule has 0 saturated heterocycles. The van der Waals surface area contributed by atoms with Gasteiger partial charge >= 0.3 is 0 Å². The van der Waals surface area contributed by atoms with Crippen molar-refractivity contribution in [2.24, 2.45) is 0 Å². The first kappa shape index (κ1) is 20.8. The molecule has 0 fully saturated rings. The lowest BCUT2D eigenvalue weighted by Crippen LogP contribution is -2.58. The quantitative estimate of drug-likeness (QED) is 0.301. The van der Waals surface area contributed by atoms with Crippen LogP contribution in [0.25, 0.3) is 11.3 Å². The molecule has 0 aliphatic carbocycles. The Bertz CT molecular complexity index is 1270. The van der Waals surface area contributed by atoms with Gasteiger partial charge in [0, 0.05) is 22.2 Å². The second kappa shape index (κ2) is 8.10. The molecule has 8 nitrogen and oxygen atoms in total. The highest BCUT2D eigenvalue weighted by Crippen LogP contribution is 2.45. The summed E-state index contributed by atoms with van der Waals surface area (Å²) in [6, 6.07) is 10.9. The number of amides is 1. The number of hydrogen-bond acceptors (Lipinski definition) is 7. The number of carbonyl (C=O) groups is 1. The van der Waals surface area contributed by atoms with Gasteiger partial charge in [-0.15, -0.1) is 6.58 Å². The number of benzene rings is 2. The number of para-hydroxylation sites is 1. The zero-order valence-electron chi connectivity index (χ0n) is 16.9. The summed E-state index contributed by atoms with van der Waals surface area (Å²) in [5.74, 6) is 1.10. The number of ether oxygens (including phenoxy) is 2. The fraction of sp³-hybridized carbons (Fsp3) is 0.182. The van der Waals surface area contributed by atoms with Crippen LogP contribution < -0.4 is 24.2 Å². The number of rotatable bonds is 4. The van der Waals surface area contributed by atoms with E-state index in [1.165, 1.54) is 18.7 Å². The van der Waals surface area contributed by atoms with Crippen LogP contribution in [-0.2, 0) is 4.79 Å². The highest BCUT2D eigenvalue weighted by Gasteiger charge is 2.45. The zero-order valence-corrected chi connectivity index (χ0v) is 19.4. The molecule has 3 heterocycles. The molecule has 1 atom stereocenters. The molecule has 5 rings (SSSR count). The molecule has 0 spiro atoms. The van der Waals surface area contributed by atoms with Crippen molar-refractivity contribution < 1.29 is 24.1 Å². The first-order valence-electron chi connectivity index (χ1n) is 9.72. The summed E-state index contributed by atoms with van der Waals surface area (Å²) >= 11 is 4.90. The molecule has 1 aromatic heterocycles. The Kier molecular flexibility index (Phi) is 5.26. The third-order valence-corrected chi connectivity index (χ3v) is 6.68. The summed E-state index contributed by atoms with van der Waals surface area (Å²) < 4.78 is 13.3. The van der Waals surface area contributed by atoms with Gasteiger partial charge in [-0.25, -0.2) is 9.88 Å². The number of aromatic nitrogens is 3. The average Bonchev–Trinajstić information content (AvgIpc) is 3.23. The van der Waals surface area contributed by atoms with Crippen molar-refractivity contribution in [3.63, 3.8) is 0 Å². The highest BCUT2D eigenvalue weighted by molar-refractivity contribution is 9.10. The number of anilines is 1. The fourth-order valence-corrected chi connectivity index (χ4v) is 4.97. The normalized spacial score (nSPS) is 15.8. The number of thioether (sulfide) groups is 1. The van der Waals surface area contributed by atoms with Crippen molar-refractivity contribution in [2.75, 3.05) is 17.4 Å². The second-order valence-electron chi connectivity index (χ2n) is 7.10. The first-order chi connectivity index (χ1) is 15.5. The van der Waals surface area contributed by atoms with Crippen molar-refractivity contribution in [3.8, 4) is 28.6 Å². The highest BCUT2D eigenvalue weighted by atomic mass is 79.9. The first-order valence-corrected chi connectivity index (χ1v) is 11.5. The van der Waals surface area contributed by atoms with Crippen molar-refractivity contribution in [1.82, 2.24) is 10.1 Å². The number of hydrogen-bond donors (Lipinski definition) is 0. The Balaban J connectivity index is 1.80. The summed E-state index contributed by atoms with van der Waals surface area (Å²) in [6.07, 6.45) is 0.978. The summed E-state index contributed by atoms with van der Waals surface area (Å²) in [7, 11) is 0. The van der Waals surface area contributed by atoms with Gasteiger partial charge in [0.1, 0.15) is 0 Å². The van der Waals surface area contributed by atoms with E-state index < -0.39 is 12.0 Å². The lowest BCUT2D eigenvalue weighted by Gasteiger charge is -2.33. The topological polar surface area (TPSA) is 91.5 Å². The second-order valence-corrected chi connectivity index (χ2v) is 8.94. The number of carbonyl (C=O) groups excluding carboxylic acids is 1. The molecule has 2 aromatic carbocycles. The zero-order chi connectivity index (χ0) is 22.4. The molecule has 2 aliphatic heterocycles. The van der Waals surface area contributed by atoms with Crippen LogP contribution in [0.15, 0.2) is 58.7 Å². The van der Waals surface area contributed by atoms with E-state index in [-0.39, 0.29) is 12.7 Å². The molecule has 3 aromatic rings. The van der Waals surface area contributed by atoms with E-state index in [9.17, 15) is 9.90 Å². The van der Waals surface area contributed by atoms with Crippen LogP contribution in [-0.4, -0.2) is 28.5 Å². The van der Waals surface area contributed by atoms with E-state index in [1.54, 1.807) is 33.9 Å². The van der Waals surface area contributed by atoms with Crippen LogP contribution in [0.2, 0.25) is 0 Å². The van der Waals surface area contributed by atoms with E-state index in [0.717, 1.165) is 0 Å². The van der Waals surface area contributed by atoms with Crippen molar-refractivity contribution in [2.45, 2.75) is 18.2 Å². The smallest absolute Gasteiger partial charge is 0.294 e. The lowest BCUT2D eigenvalue weighted by atomic mass is 10.0. The van der Waals surface area contributed by atoms with Gasteiger partial charge in [0.05, 0.1) is 22.7 Å². The van der Waals surface area contributed by atoms with E-state index in [2.05, 4.69) is 32.6 Å². The Labute approximate surface area is 196 Å². The van der Waals surface area contributed by atoms with E-state index in [0.29, 0.717) is 49.4 Å². The third kappa shape index (κ3) is 3.30. The van der Waals surface area contributed by atoms with Gasteiger partial charge in [0.25, 0.3) is 17.0 Å².